The number of aliphatic imine (C=N–C) groups is 1. The molecule has 0 bridgehead atoms. The van der Waals surface area contributed by atoms with Crippen LogP contribution in [0.1, 0.15) is 24.5 Å². The quantitative estimate of drug-likeness (QED) is 0.244. The van der Waals surface area contributed by atoms with E-state index in [-0.39, 0.29) is 29.4 Å². The Morgan fingerprint density at radius 2 is 1.64 bits per heavy atom. The van der Waals surface area contributed by atoms with Crippen molar-refractivity contribution < 1.29 is 29.2 Å². The Morgan fingerprint density at radius 1 is 1.03 bits per heavy atom. The van der Waals surface area contributed by atoms with Crippen molar-refractivity contribution in [3.05, 3.63) is 84.1 Å². The highest BCUT2D eigenvalue weighted by Gasteiger charge is 2.24. The van der Waals surface area contributed by atoms with E-state index in [9.17, 15) is 15.0 Å². The highest BCUT2D eigenvalue weighted by atomic mass is 32.2. The van der Waals surface area contributed by atoms with Crippen molar-refractivity contribution in [1.82, 2.24) is 4.90 Å². The van der Waals surface area contributed by atoms with E-state index in [1.54, 1.807) is 55.1 Å². The van der Waals surface area contributed by atoms with Crippen LogP contribution in [0.2, 0.25) is 0 Å². The van der Waals surface area contributed by atoms with E-state index in [4.69, 9.17) is 19.2 Å². The normalized spacial score (nSPS) is 15.3. The monoisotopic (exact) mass is 550 g/mol. The van der Waals surface area contributed by atoms with Crippen LogP contribution in [0.25, 0.3) is 12.2 Å². The minimum absolute atomic E-state index is 0.0638. The lowest BCUT2D eigenvalue weighted by molar-refractivity contribution is -0.143. The molecule has 1 unspecified atom stereocenters. The third-order valence-electron chi connectivity index (χ3n) is 5.68. The van der Waals surface area contributed by atoms with Gasteiger partial charge in [0.2, 0.25) is 0 Å². The SMILES string of the molecule is C=CCSC1N=C(C=Cc2ccc(O)c(OC)c2)C=C(C=Cc2ccc(O)c(OC)c2)N1CCC(=O)OCC. The van der Waals surface area contributed by atoms with Crippen LogP contribution in [0.4, 0.5) is 0 Å². The van der Waals surface area contributed by atoms with E-state index in [1.807, 2.05) is 36.5 Å². The number of hydrogen-bond donors (Lipinski definition) is 2. The van der Waals surface area contributed by atoms with Crippen molar-refractivity contribution in [2.75, 3.05) is 33.1 Å². The molecule has 2 aromatic carbocycles. The average Bonchev–Trinajstić information content (AvgIpc) is 2.94. The van der Waals surface area contributed by atoms with E-state index in [2.05, 4.69) is 11.5 Å². The molecule has 0 spiro atoms. The summed E-state index contributed by atoms with van der Waals surface area (Å²) < 4.78 is 15.6. The number of methoxy groups -OCH3 is 2. The fourth-order valence-corrected chi connectivity index (χ4v) is 4.67. The predicted octanol–water partition coefficient (Wildman–Crippen LogP) is 5.64. The van der Waals surface area contributed by atoms with Gasteiger partial charge in [-0.3, -0.25) is 9.79 Å². The molecule has 0 saturated heterocycles. The first-order valence-electron chi connectivity index (χ1n) is 12.4. The Morgan fingerprint density at radius 3 is 2.21 bits per heavy atom. The number of allylic oxidation sites excluding steroid dienone is 3. The molecule has 8 nitrogen and oxygen atoms in total. The second-order valence-electron chi connectivity index (χ2n) is 8.35. The Hall–Kier alpha value is -4.11. The topological polar surface area (TPSA) is 101 Å². The van der Waals surface area contributed by atoms with Crippen molar-refractivity contribution in [3.8, 4) is 23.0 Å². The summed E-state index contributed by atoms with van der Waals surface area (Å²) in [4.78, 5) is 19.1. The number of ether oxygens (including phenoxy) is 3. The standard InChI is InChI=1S/C30H34N2O6S/c1-5-17-39-30-31-23(11-7-21-9-13-25(33)27(18-21)36-3)20-24(32(30)16-15-29(35)38-6-2)12-8-22-10-14-26(34)28(19-22)37-4/h5,7-14,18-20,30,33-34H,1,6,15-17H2,2-4H3. The lowest BCUT2D eigenvalue weighted by Crippen LogP contribution is -2.36. The second-order valence-corrected chi connectivity index (χ2v) is 9.44. The van der Waals surface area contributed by atoms with Crippen molar-refractivity contribution in [1.29, 1.82) is 0 Å². The number of nitrogens with zero attached hydrogens (tertiary/aromatic N) is 2. The highest BCUT2D eigenvalue weighted by Crippen LogP contribution is 2.30. The number of thioether (sulfide) groups is 1. The molecule has 9 heteroatoms. The summed E-state index contributed by atoms with van der Waals surface area (Å²) in [6, 6.07) is 10.2. The molecule has 206 valence electrons. The summed E-state index contributed by atoms with van der Waals surface area (Å²) in [6.45, 7) is 6.36. The Kier molecular flexibility index (Phi) is 11.1. The molecule has 0 amide bonds. The van der Waals surface area contributed by atoms with Crippen LogP contribution in [0, 0.1) is 0 Å². The van der Waals surface area contributed by atoms with Gasteiger partial charge in [0.15, 0.2) is 28.5 Å². The molecule has 0 fully saturated rings. The maximum atomic E-state index is 12.2. The Bertz CT molecular complexity index is 1280. The van der Waals surface area contributed by atoms with Gasteiger partial charge in [-0.15, -0.1) is 18.3 Å². The van der Waals surface area contributed by atoms with Gasteiger partial charge in [-0.25, -0.2) is 0 Å². The van der Waals surface area contributed by atoms with E-state index in [1.165, 1.54) is 14.2 Å². The van der Waals surface area contributed by atoms with Crippen molar-refractivity contribution in [2.24, 2.45) is 4.99 Å². The van der Waals surface area contributed by atoms with Crippen LogP contribution in [0.3, 0.4) is 0 Å². The molecule has 2 aromatic rings. The number of carbonyl (C=O) groups excluding carboxylic acids is 1. The van der Waals surface area contributed by atoms with Crippen molar-refractivity contribution >= 4 is 35.6 Å². The van der Waals surface area contributed by atoms with Gasteiger partial charge in [0.25, 0.3) is 0 Å². The van der Waals surface area contributed by atoms with Crippen LogP contribution in [-0.2, 0) is 9.53 Å². The number of phenolic OH excluding ortho intramolecular Hbond substituents is 2. The maximum absolute atomic E-state index is 12.2. The highest BCUT2D eigenvalue weighted by molar-refractivity contribution is 8.00. The lowest BCUT2D eigenvalue weighted by atomic mass is 10.1. The van der Waals surface area contributed by atoms with Gasteiger partial charge in [-0.1, -0.05) is 30.4 Å². The van der Waals surface area contributed by atoms with E-state index in [0.29, 0.717) is 30.4 Å². The van der Waals surface area contributed by atoms with Crippen LogP contribution in [0.15, 0.2) is 78.0 Å². The molecule has 0 saturated carbocycles. The molecule has 1 atom stereocenters. The van der Waals surface area contributed by atoms with Crippen LogP contribution < -0.4 is 9.47 Å². The summed E-state index contributed by atoms with van der Waals surface area (Å²) in [7, 11) is 3.01. The second kappa shape index (κ2) is 14.7. The summed E-state index contributed by atoms with van der Waals surface area (Å²) in [5, 5.41) is 19.8. The van der Waals surface area contributed by atoms with E-state index in [0.717, 1.165) is 22.5 Å². The van der Waals surface area contributed by atoms with Crippen LogP contribution in [0.5, 0.6) is 23.0 Å². The van der Waals surface area contributed by atoms with Gasteiger partial charge >= 0.3 is 5.97 Å². The molecule has 1 aliphatic heterocycles. The van der Waals surface area contributed by atoms with Gasteiger partial charge in [-0.05, 0) is 60.5 Å². The summed E-state index contributed by atoms with van der Waals surface area (Å²) >= 11 is 1.59. The smallest absolute Gasteiger partial charge is 0.307 e. The van der Waals surface area contributed by atoms with Gasteiger partial charge in [0.05, 0.1) is 33.0 Å². The van der Waals surface area contributed by atoms with Gasteiger partial charge in [0, 0.05) is 18.0 Å². The number of rotatable bonds is 13. The minimum atomic E-state index is -0.301. The van der Waals surface area contributed by atoms with Gasteiger partial charge in [-0.2, -0.15) is 0 Å². The van der Waals surface area contributed by atoms with Crippen molar-refractivity contribution in [3.63, 3.8) is 0 Å². The molecule has 39 heavy (non-hydrogen) atoms. The first kappa shape index (κ1) is 29.4. The fourth-order valence-electron chi connectivity index (χ4n) is 3.76. The lowest BCUT2D eigenvalue weighted by Gasteiger charge is -2.34. The molecule has 1 heterocycles. The zero-order chi connectivity index (χ0) is 28.2. The minimum Gasteiger partial charge on any atom is -0.504 e. The van der Waals surface area contributed by atoms with Gasteiger partial charge in [0.1, 0.15) is 0 Å². The zero-order valence-corrected chi connectivity index (χ0v) is 23.2. The first-order chi connectivity index (χ1) is 18.9. The molecular formula is C30H34N2O6S. The Balaban J connectivity index is 1.97. The third-order valence-corrected chi connectivity index (χ3v) is 6.77. The summed E-state index contributed by atoms with van der Waals surface area (Å²) in [5.74, 6) is 1.29. The molecular weight excluding hydrogens is 516 g/mol. The number of hydrogen-bond acceptors (Lipinski definition) is 9. The molecule has 0 aromatic heterocycles. The number of carbonyl (C=O) groups is 1. The van der Waals surface area contributed by atoms with Crippen LogP contribution in [-0.4, -0.2) is 65.4 Å². The average molecular weight is 551 g/mol. The molecule has 0 radical (unpaired) electrons. The van der Waals surface area contributed by atoms with Crippen LogP contribution >= 0.6 is 11.8 Å². The molecule has 1 aliphatic rings. The van der Waals surface area contributed by atoms with E-state index < -0.39 is 0 Å². The maximum Gasteiger partial charge on any atom is 0.307 e. The summed E-state index contributed by atoms with van der Waals surface area (Å²) in [6.07, 6.45) is 11.6. The van der Waals surface area contributed by atoms with E-state index >= 15 is 0 Å². The van der Waals surface area contributed by atoms with Crippen molar-refractivity contribution in [2.45, 2.75) is 18.8 Å². The molecule has 3 rings (SSSR count). The third kappa shape index (κ3) is 8.44. The number of aromatic hydroxyl groups is 2. The largest absolute Gasteiger partial charge is 0.504 e. The number of phenols is 2. The van der Waals surface area contributed by atoms with Gasteiger partial charge < -0.3 is 29.3 Å². The number of esters is 1. The Labute approximate surface area is 233 Å². The molecule has 0 aliphatic carbocycles. The predicted molar refractivity (Wildman–Crippen MR) is 157 cm³/mol. The zero-order valence-electron chi connectivity index (χ0n) is 22.4. The first-order valence-corrected chi connectivity index (χ1v) is 13.5. The fraction of sp³-hybridized carbons (Fsp3) is 0.267. The summed E-state index contributed by atoms with van der Waals surface area (Å²) in [5.41, 5.74) is 2.96. The number of benzene rings is 2. The molecule has 2 N–H and O–H groups in total.